The van der Waals surface area contributed by atoms with E-state index in [0.717, 1.165) is 36.5 Å². The lowest BCUT2D eigenvalue weighted by Gasteiger charge is -2.06. The van der Waals surface area contributed by atoms with Gasteiger partial charge in [-0.25, -0.2) is 0 Å². The Balaban J connectivity index is 2.06. The first-order valence-corrected chi connectivity index (χ1v) is 5.35. The van der Waals surface area contributed by atoms with E-state index < -0.39 is 5.97 Å². The van der Waals surface area contributed by atoms with Gasteiger partial charge in [-0.1, -0.05) is 12.1 Å². The average Bonchev–Trinajstić information content (AvgIpc) is 2.70. The molecule has 0 fully saturated rings. The maximum Gasteiger partial charge on any atom is 0.307 e. The molecule has 0 radical (unpaired) electrons. The third kappa shape index (κ3) is 2.82. The number of benzene rings is 1. The zero-order valence-electron chi connectivity index (χ0n) is 8.94. The molecule has 1 aliphatic heterocycles. The Labute approximate surface area is 94.0 Å². The van der Waals surface area contributed by atoms with Crippen molar-refractivity contribution in [3.63, 3.8) is 0 Å². The second kappa shape index (κ2) is 4.79. The fourth-order valence-corrected chi connectivity index (χ4v) is 1.74. The van der Waals surface area contributed by atoms with Gasteiger partial charge in [-0.3, -0.25) is 9.79 Å². The van der Waals surface area contributed by atoms with E-state index in [1.807, 2.05) is 24.3 Å². The highest BCUT2D eigenvalue weighted by atomic mass is 16.4. The van der Waals surface area contributed by atoms with Gasteiger partial charge in [-0.05, 0) is 24.1 Å². The van der Waals surface area contributed by atoms with Gasteiger partial charge in [0.15, 0.2) is 0 Å². The van der Waals surface area contributed by atoms with Crippen LogP contribution in [0.4, 0.5) is 5.69 Å². The van der Waals surface area contributed by atoms with Gasteiger partial charge in [0.05, 0.1) is 6.42 Å². The van der Waals surface area contributed by atoms with Gasteiger partial charge in [0, 0.05) is 18.7 Å². The summed E-state index contributed by atoms with van der Waals surface area (Å²) in [5.74, 6) is 0.183. The maximum atomic E-state index is 10.6. The lowest BCUT2D eigenvalue weighted by molar-refractivity contribution is -0.136. The van der Waals surface area contributed by atoms with Crippen molar-refractivity contribution in [2.45, 2.75) is 19.3 Å². The molecule has 2 rings (SSSR count). The van der Waals surface area contributed by atoms with E-state index in [1.54, 1.807) is 0 Å². The minimum absolute atomic E-state index is 0.0575. The molecule has 0 aromatic heterocycles. The summed E-state index contributed by atoms with van der Waals surface area (Å²) in [5, 5.41) is 11.9. The van der Waals surface area contributed by atoms with Crippen molar-refractivity contribution in [2.75, 3.05) is 11.9 Å². The highest BCUT2D eigenvalue weighted by Gasteiger charge is 2.07. The molecule has 2 N–H and O–H groups in total. The molecular formula is C12H14N2O2. The second-order valence-corrected chi connectivity index (χ2v) is 3.83. The number of amidine groups is 1. The van der Waals surface area contributed by atoms with Crippen LogP contribution in [0.2, 0.25) is 0 Å². The highest BCUT2D eigenvalue weighted by molar-refractivity contribution is 5.96. The minimum Gasteiger partial charge on any atom is -0.481 e. The molecule has 1 aromatic carbocycles. The van der Waals surface area contributed by atoms with Gasteiger partial charge in [-0.15, -0.1) is 0 Å². The fourth-order valence-electron chi connectivity index (χ4n) is 1.74. The van der Waals surface area contributed by atoms with Crippen LogP contribution in [0.25, 0.3) is 0 Å². The monoisotopic (exact) mass is 218 g/mol. The molecule has 16 heavy (non-hydrogen) atoms. The van der Waals surface area contributed by atoms with Crippen molar-refractivity contribution in [2.24, 2.45) is 4.99 Å². The number of anilines is 1. The Hall–Kier alpha value is -1.84. The van der Waals surface area contributed by atoms with Crippen molar-refractivity contribution < 1.29 is 9.90 Å². The number of hydrogen-bond donors (Lipinski definition) is 2. The summed E-state index contributed by atoms with van der Waals surface area (Å²) in [4.78, 5) is 14.9. The molecule has 4 nitrogen and oxygen atoms in total. The van der Waals surface area contributed by atoms with E-state index in [0.29, 0.717) is 0 Å². The summed E-state index contributed by atoms with van der Waals surface area (Å²) in [7, 11) is 0. The van der Waals surface area contributed by atoms with Crippen LogP contribution >= 0.6 is 0 Å². The fraction of sp³-hybridized carbons (Fsp3) is 0.333. The predicted molar refractivity (Wildman–Crippen MR) is 62.9 cm³/mol. The summed E-state index contributed by atoms with van der Waals surface area (Å²) in [6.45, 7) is 0.886. The molecule has 0 aliphatic carbocycles. The topological polar surface area (TPSA) is 61.7 Å². The average molecular weight is 218 g/mol. The highest BCUT2D eigenvalue weighted by Crippen LogP contribution is 2.14. The van der Waals surface area contributed by atoms with Crippen LogP contribution in [0.3, 0.4) is 0 Å². The molecule has 0 amide bonds. The number of carboxylic acids is 1. The van der Waals surface area contributed by atoms with Crippen molar-refractivity contribution in [3.05, 3.63) is 29.8 Å². The van der Waals surface area contributed by atoms with Crippen molar-refractivity contribution >= 4 is 17.5 Å². The normalized spacial score (nSPS) is 14.6. The number of rotatable bonds is 3. The van der Waals surface area contributed by atoms with Crippen molar-refractivity contribution in [1.82, 2.24) is 0 Å². The molecule has 4 heteroatoms. The van der Waals surface area contributed by atoms with E-state index in [-0.39, 0.29) is 6.42 Å². The Morgan fingerprint density at radius 2 is 2.38 bits per heavy atom. The first kappa shape index (κ1) is 10.7. The second-order valence-electron chi connectivity index (χ2n) is 3.83. The number of carboxylic acid groups (broad SMARTS) is 1. The largest absolute Gasteiger partial charge is 0.481 e. The Bertz CT molecular complexity index is 427. The summed E-state index contributed by atoms with van der Waals surface area (Å²) in [5.41, 5.74) is 1.72. The van der Waals surface area contributed by atoms with Gasteiger partial charge in [0.1, 0.15) is 5.84 Å². The van der Waals surface area contributed by atoms with Crippen LogP contribution in [-0.2, 0) is 11.2 Å². The van der Waals surface area contributed by atoms with Crippen LogP contribution in [0.1, 0.15) is 18.4 Å². The first-order valence-electron chi connectivity index (χ1n) is 5.35. The van der Waals surface area contributed by atoms with Gasteiger partial charge < -0.3 is 10.4 Å². The van der Waals surface area contributed by atoms with Crippen LogP contribution in [-0.4, -0.2) is 23.5 Å². The number of nitrogens with one attached hydrogen (secondary N) is 1. The molecule has 0 unspecified atom stereocenters. The lowest BCUT2D eigenvalue weighted by atomic mass is 10.1. The molecule has 0 saturated heterocycles. The summed E-state index contributed by atoms with van der Waals surface area (Å²) >= 11 is 0. The number of carbonyl (C=O) groups is 1. The number of aliphatic carboxylic acids is 1. The number of aliphatic imine (C=N–C) groups is 1. The molecule has 0 spiro atoms. The molecular weight excluding hydrogens is 204 g/mol. The molecule has 1 aromatic rings. The van der Waals surface area contributed by atoms with Crippen LogP contribution in [0, 0.1) is 0 Å². The first-order chi connectivity index (χ1) is 7.74. The number of nitrogens with zero attached hydrogens (tertiary/aromatic N) is 1. The molecule has 0 bridgehead atoms. The SMILES string of the molecule is O=C(O)Cc1cccc(NC2=NCCC2)c1. The van der Waals surface area contributed by atoms with Gasteiger partial charge in [0.2, 0.25) is 0 Å². The predicted octanol–water partition coefficient (Wildman–Crippen LogP) is 1.92. The molecule has 84 valence electrons. The summed E-state index contributed by atoms with van der Waals surface area (Å²) in [6, 6.07) is 7.45. The zero-order valence-corrected chi connectivity index (χ0v) is 8.94. The van der Waals surface area contributed by atoms with Crippen LogP contribution in [0.15, 0.2) is 29.3 Å². The smallest absolute Gasteiger partial charge is 0.307 e. The van der Waals surface area contributed by atoms with E-state index in [9.17, 15) is 4.79 Å². The Kier molecular flexibility index (Phi) is 3.19. The summed E-state index contributed by atoms with van der Waals surface area (Å²) in [6.07, 6.45) is 2.13. The third-order valence-electron chi connectivity index (χ3n) is 2.45. The van der Waals surface area contributed by atoms with Crippen molar-refractivity contribution in [1.29, 1.82) is 0 Å². The maximum absolute atomic E-state index is 10.6. The van der Waals surface area contributed by atoms with E-state index in [1.165, 1.54) is 0 Å². The molecule has 0 atom stereocenters. The van der Waals surface area contributed by atoms with Crippen LogP contribution < -0.4 is 5.32 Å². The van der Waals surface area contributed by atoms with E-state index in [4.69, 9.17) is 5.11 Å². The van der Waals surface area contributed by atoms with Crippen molar-refractivity contribution in [3.8, 4) is 0 Å². The summed E-state index contributed by atoms with van der Waals surface area (Å²) < 4.78 is 0. The van der Waals surface area contributed by atoms with E-state index >= 15 is 0 Å². The minimum atomic E-state index is -0.810. The Morgan fingerprint density at radius 1 is 1.50 bits per heavy atom. The van der Waals surface area contributed by atoms with E-state index in [2.05, 4.69) is 10.3 Å². The standard InChI is InChI=1S/C12H14N2O2/c15-12(16)8-9-3-1-4-10(7-9)14-11-5-2-6-13-11/h1,3-4,7H,2,5-6,8H2,(H,13,14)(H,15,16). The molecule has 0 saturated carbocycles. The quantitative estimate of drug-likeness (QED) is 0.814. The van der Waals surface area contributed by atoms with Gasteiger partial charge >= 0.3 is 5.97 Å². The molecule has 1 aliphatic rings. The zero-order chi connectivity index (χ0) is 11.4. The van der Waals surface area contributed by atoms with Gasteiger partial charge in [-0.2, -0.15) is 0 Å². The molecule has 1 heterocycles. The lowest BCUT2D eigenvalue weighted by Crippen LogP contribution is -2.09. The third-order valence-corrected chi connectivity index (χ3v) is 2.45. The van der Waals surface area contributed by atoms with Gasteiger partial charge in [0.25, 0.3) is 0 Å². The number of hydrogen-bond acceptors (Lipinski definition) is 3. The Morgan fingerprint density at radius 3 is 3.06 bits per heavy atom. The van der Waals surface area contributed by atoms with Crippen LogP contribution in [0.5, 0.6) is 0 Å².